The van der Waals surface area contributed by atoms with Crippen LogP contribution in [0.5, 0.6) is 0 Å². The first kappa shape index (κ1) is 15.0. The number of hydrogen-bond acceptors (Lipinski definition) is 1. The molecule has 0 aliphatic heterocycles. The van der Waals surface area contributed by atoms with E-state index in [1.807, 2.05) is 68.4 Å². The molecular formula is C21H18O2. The van der Waals surface area contributed by atoms with Gasteiger partial charge in [0.2, 0.25) is 0 Å². The third kappa shape index (κ3) is 3.02. The van der Waals surface area contributed by atoms with Crippen molar-refractivity contribution in [3.05, 3.63) is 83.4 Å². The number of aromatic carboxylic acids is 1. The van der Waals surface area contributed by atoms with Crippen molar-refractivity contribution in [1.82, 2.24) is 0 Å². The van der Waals surface area contributed by atoms with Crippen molar-refractivity contribution in [3.63, 3.8) is 0 Å². The highest BCUT2D eigenvalue weighted by molar-refractivity contribution is 6.01. The highest BCUT2D eigenvalue weighted by atomic mass is 16.4. The molecule has 0 aromatic heterocycles. The second kappa shape index (κ2) is 6.09. The molecule has 3 rings (SSSR count). The van der Waals surface area contributed by atoms with Crippen molar-refractivity contribution in [1.29, 1.82) is 0 Å². The van der Waals surface area contributed by atoms with E-state index in [2.05, 4.69) is 0 Å². The Kier molecular flexibility index (Phi) is 3.98. The molecule has 0 heterocycles. The van der Waals surface area contributed by atoms with Gasteiger partial charge in [-0.2, -0.15) is 0 Å². The second-order valence-electron chi connectivity index (χ2n) is 5.77. The minimum Gasteiger partial charge on any atom is -0.478 e. The summed E-state index contributed by atoms with van der Waals surface area (Å²) in [5.41, 5.74) is 6.31. The van der Waals surface area contributed by atoms with Crippen LogP contribution in [-0.4, -0.2) is 11.1 Å². The Morgan fingerprint density at radius 1 is 0.739 bits per heavy atom. The smallest absolute Gasteiger partial charge is 0.336 e. The summed E-state index contributed by atoms with van der Waals surface area (Å²) in [4.78, 5) is 11.7. The van der Waals surface area contributed by atoms with E-state index in [0.717, 1.165) is 27.8 Å². The van der Waals surface area contributed by atoms with Gasteiger partial charge >= 0.3 is 5.97 Å². The summed E-state index contributed by atoms with van der Waals surface area (Å²) in [5, 5.41) is 9.60. The van der Waals surface area contributed by atoms with Gasteiger partial charge in [-0.15, -0.1) is 0 Å². The van der Waals surface area contributed by atoms with Crippen molar-refractivity contribution in [3.8, 4) is 22.3 Å². The summed E-state index contributed by atoms with van der Waals surface area (Å²) in [6, 6.07) is 21.6. The molecule has 0 amide bonds. The zero-order valence-corrected chi connectivity index (χ0v) is 13.2. The van der Waals surface area contributed by atoms with Crippen LogP contribution in [0.25, 0.3) is 22.3 Å². The Bertz CT molecular complexity index is 844. The third-order valence-corrected chi connectivity index (χ3v) is 4.00. The van der Waals surface area contributed by atoms with E-state index in [1.165, 1.54) is 5.56 Å². The standard InChI is InChI=1S/C21H18O2/c1-14-6-10-16(11-7-14)18-4-3-5-19(21(22)23)20(18)17-12-8-15(2)9-13-17/h3-13H,1-2H3,(H,22,23). The number of carboxylic acid groups (broad SMARTS) is 1. The average Bonchev–Trinajstić information content (AvgIpc) is 2.55. The van der Waals surface area contributed by atoms with Gasteiger partial charge in [0.05, 0.1) is 5.56 Å². The first-order valence-electron chi connectivity index (χ1n) is 7.56. The topological polar surface area (TPSA) is 37.3 Å². The maximum Gasteiger partial charge on any atom is 0.336 e. The molecule has 2 heteroatoms. The molecule has 23 heavy (non-hydrogen) atoms. The minimum atomic E-state index is -0.908. The van der Waals surface area contributed by atoms with E-state index in [-0.39, 0.29) is 0 Å². The molecule has 114 valence electrons. The number of aryl methyl sites for hydroxylation is 2. The molecule has 0 unspecified atom stereocenters. The monoisotopic (exact) mass is 302 g/mol. The van der Waals surface area contributed by atoms with Gasteiger partial charge < -0.3 is 5.11 Å². The van der Waals surface area contributed by atoms with Crippen LogP contribution < -0.4 is 0 Å². The highest BCUT2D eigenvalue weighted by Crippen LogP contribution is 2.35. The average molecular weight is 302 g/mol. The van der Waals surface area contributed by atoms with Gasteiger partial charge in [-0.25, -0.2) is 4.79 Å². The SMILES string of the molecule is Cc1ccc(-c2cccc(C(=O)O)c2-c2ccc(C)cc2)cc1. The number of carboxylic acids is 1. The fraction of sp³-hybridized carbons (Fsp3) is 0.0952. The number of carbonyl (C=O) groups is 1. The third-order valence-electron chi connectivity index (χ3n) is 4.00. The maximum atomic E-state index is 11.7. The summed E-state index contributed by atoms with van der Waals surface area (Å²) in [5.74, 6) is -0.908. The van der Waals surface area contributed by atoms with E-state index in [4.69, 9.17) is 0 Å². The van der Waals surface area contributed by atoms with Crippen LogP contribution in [0.4, 0.5) is 0 Å². The molecule has 1 N–H and O–H groups in total. The van der Waals surface area contributed by atoms with Crippen LogP contribution in [0.15, 0.2) is 66.7 Å². The van der Waals surface area contributed by atoms with Crippen molar-refractivity contribution in [2.24, 2.45) is 0 Å². The predicted octanol–water partition coefficient (Wildman–Crippen LogP) is 5.34. The molecule has 0 bridgehead atoms. The zero-order valence-electron chi connectivity index (χ0n) is 13.2. The fourth-order valence-corrected chi connectivity index (χ4v) is 2.74. The van der Waals surface area contributed by atoms with E-state index in [1.54, 1.807) is 12.1 Å². The van der Waals surface area contributed by atoms with Gasteiger partial charge in [-0.1, -0.05) is 71.8 Å². The van der Waals surface area contributed by atoms with E-state index in [9.17, 15) is 9.90 Å². The predicted molar refractivity (Wildman–Crippen MR) is 93.7 cm³/mol. The first-order chi connectivity index (χ1) is 11.1. The van der Waals surface area contributed by atoms with Crippen LogP contribution in [0.1, 0.15) is 21.5 Å². The molecule has 0 saturated heterocycles. The molecule has 0 aliphatic carbocycles. The minimum absolute atomic E-state index is 0.326. The lowest BCUT2D eigenvalue weighted by molar-refractivity contribution is 0.0698. The van der Waals surface area contributed by atoms with E-state index < -0.39 is 5.97 Å². The zero-order chi connectivity index (χ0) is 16.4. The van der Waals surface area contributed by atoms with Crippen molar-refractivity contribution in [2.45, 2.75) is 13.8 Å². The van der Waals surface area contributed by atoms with Crippen LogP contribution in [0.3, 0.4) is 0 Å². The largest absolute Gasteiger partial charge is 0.478 e. The summed E-state index contributed by atoms with van der Waals surface area (Å²) in [6.07, 6.45) is 0. The Morgan fingerprint density at radius 3 is 1.78 bits per heavy atom. The van der Waals surface area contributed by atoms with Gasteiger partial charge in [-0.05, 0) is 36.6 Å². The Morgan fingerprint density at radius 2 is 1.26 bits per heavy atom. The lowest BCUT2D eigenvalue weighted by Gasteiger charge is -2.14. The summed E-state index contributed by atoms with van der Waals surface area (Å²) in [6.45, 7) is 4.06. The summed E-state index contributed by atoms with van der Waals surface area (Å²) < 4.78 is 0. The van der Waals surface area contributed by atoms with Crippen molar-refractivity contribution in [2.75, 3.05) is 0 Å². The van der Waals surface area contributed by atoms with Crippen LogP contribution in [-0.2, 0) is 0 Å². The van der Waals surface area contributed by atoms with Gasteiger partial charge in [0.25, 0.3) is 0 Å². The summed E-state index contributed by atoms with van der Waals surface area (Å²) >= 11 is 0. The Labute approximate surface area is 136 Å². The van der Waals surface area contributed by atoms with Crippen LogP contribution in [0, 0.1) is 13.8 Å². The molecule has 3 aromatic rings. The van der Waals surface area contributed by atoms with E-state index in [0.29, 0.717) is 5.56 Å². The molecule has 2 nitrogen and oxygen atoms in total. The molecule has 0 radical (unpaired) electrons. The van der Waals surface area contributed by atoms with Gasteiger partial charge in [0.15, 0.2) is 0 Å². The quantitative estimate of drug-likeness (QED) is 0.709. The second-order valence-corrected chi connectivity index (χ2v) is 5.77. The first-order valence-corrected chi connectivity index (χ1v) is 7.56. The van der Waals surface area contributed by atoms with Crippen molar-refractivity contribution >= 4 is 5.97 Å². The molecular weight excluding hydrogens is 284 g/mol. The van der Waals surface area contributed by atoms with Gasteiger partial charge in [0, 0.05) is 5.56 Å². The lowest BCUT2D eigenvalue weighted by Crippen LogP contribution is -2.01. The van der Waals surface area contributed by atoms with Crippen LogP contribution >= 0.6 is 0 Å². The molecule has 0 atom stereocenters. The molecule has 3 aromatic carbocycles. The number of hydrogen-bond donors (Lipinski definition) is 1. The molecule has 0 saturated carbocycles. The Hall–Kier alpha value is -2.87. The number of benzene rings is 3. The van der Waals surface area contributed by atoms with E-state index >= 15 is 0 Å². The van der Waals surface area contributed by atoms with Crippen molar-refractivity contribution < 1.29 is 9.90 Å². The normalized spacial score (nSPS) is 10.5. The number of rotatable bonds is 3. The highest BCUT2D eigenvalue weighted by Gasteiger charge is 2.16. The lowest BCUT2D eigenvalue weighted by atomic mass is 9.90. The Balaban J connectivity index is 2.27. The van der Waals surface area contributed by atoms with Gasteiger partial charge in [0.1, 0.15) is 0 Å². The molecule has 0 aliphatic rings. The molecule has 0 spiro atoms. The maximum absolute atomic E-state index is 11.7. The molecule has 0 fully saturated rings. The fourth-order valence-electron chi connectivity index (χ4n) is 2.74. The van der Waals surface area contributed by atoms with Crippen LogP contribution in [0.2, 0.25) is 0 Å². The van der Waals surface area contributed by atoms with Gasteiger partial charge in [-0.3, -0.25) is 0 Å². The summed E-state index contributed by atoms with van der Waals surface area (Å²) in [7, 11) is 0.